The molecular weight excluding hydrogens is 286 g/mol. The van der Waals surface area contributed by atoms with Gasteiger partial charge in [-0.3, -0.25) is 4.79 Å². The molecule has 2 aromatic rings. The van der Waals surface area contributed by atoms with Gasteiger partial charge in [0, 0.05) is 6.04 Å². The molecule has 23 heavy (non-hydrogen) atoms. The molecule has 0 unspecified atom stereocenters. The van der Waals surface area contributed by atoms with Crippen molar-refractivity contribution in [1.82, 2.24) is 5.32 Å². The van der Waals surface area contributed by atoms with Crippen LogP contribution in [0.15, 0.2) is 42.5 Å². The van der Waals surface area contributed by atoms with E-state index in [0.717, 1.165) is 23.5 Å². The summed E-state index contributed by atoms with van der Waals surface area (Å²) >= 11 is 0. The zero-order valence-electron chi connectivity index (χ0n) is 13.5. The van der Waals surface area contributed by atoms with Gasteiger partial charge in [0.05, 0.1) is 0 Å². The first-order valence-electron chi connectivity index (χ1n) is 8.65. The summed E-state index contributed by atoms with van der Waals surface area (Å²) in [5, 5.41) is 5.51. The van der Waals surface area contributed by atoms with E-state index < -0.39 is 6.10 Å². The van der Waals surface area contributed by atoms with Crippen molar-refractivity contribution in [2.45, 2.75) is 44.8 Å². The van der Waals surface area contributed by atoms with Crippen LogP contribution in [0.1, 0.15) is 32.6 Å². The van der Waals surface area contributed by atoms with E-state index in [2.05, 4.69) is 17.4 Å². The molecule has 4 rings (SSSR count). The van der Waals surface area contributed by atoms with Gasteiger partial charge in [-0.15, -0.1) is 0 Å². The second-order valence-corrected chi connectivity index (χ2v) is 7.06. The lowest BCUT2D eigenvalue weighted by molar-refractivity contribution is -0.128. The monoisotopic (exact) mass is 309 g/mol. The van der Waals surface area contributed by atoms with Crippen molar-refractivity contribution in [2.75, 3.05) is 0 Å². The number of rotatable bonds is 4. The molecule has 2 saturated carbocycles. The zero-order chi connectivity index (χ0) is 15.8. The molecule has 0 aliphatic heterocycles. The summed E-state index contributed by atoms with van der Waals surface area (Å²) < 4.78 is 5.86. The Morgan fingerprint density at radius 2 is 1.96 bits per heavy atom. The van der Waals surface area contributed by atoms with E-state index >= 15 is 0 Å². The Hall–Kier alpha value is -2.03. The second-order valence-electron chi connectivity index (χ2n) is 7.06. The molecule has 3 heteroatoms. The van der Waals surface area contributed by atoms with Crippen molar-refractivity contribution < 1.29 is 9.53 Å². The number of fused-ring (bicyclic) bond motifs is 3. The van der Waals surface area contributed by atoms with Gasteiger partial charge in [-0.2, -0.15) is 0 Å². The quantitative estimate of drug-likeness (QED) is 0.930. The molecule has 0 radical (unpaired) electrons. The van der Waals surface area contributed by atoms with Gasteiger partial charge < -0.3 is 10.1 Å². The number of hydrogen-bond donors (Lipinski definition) is 1. The van der Waals surface area contributed by atoms with Crippen LogP contribution < -0.4 is 10.1 Å². The van der Waals surface area contributed by atoms with Crippen molar-refractivity contribution in [2.24, 2.45) is 11.8 Å². The highest BCUT2D eigenvalue weighted by Gasteiger charge is 2.40. The Bertz CT molecular complexity index is 726. The Kier molecular flexibility index (Phi) is 3.72. The third-order valence-corrected chi connectivity index (χ3v) is 5.47. The van der Waals surface area contributed by atoms with Gasteiger partial charge in [0.15, 0.2) is 6.10 Å². The molecule has 3 nitrogen and oxygen atoms in total. The highest BCUT2D eigenvalue weighted by atomic mass is 16.5. The van der Waals surface area contributed by atoms with Gasteiger partial charge in [-0.05, 0) is 60.9 Å². The molecule has 0 saturated heterocycles. The smallest absolute Gasteiger partial charge is 0.261 e. The van der Waals surface area contributed by atoms with Crippen LogP contribution in [-0.4, -0.2) is 18.1 Å². The summed E-state index contributed by atoms with van der Waals surface area (Å²) in [5.41, 5.74) is 0. The fraction of sp³-hybridized carbons (Fsp3) is 0.450. The molecule has 2 fully saturated rings. The average Bonchev–Trinajstić information content (AvgIpc) is 3.17. The molecule has 0 aromatic heterocycles. The van der Waals surface area contributed by atoms with Crippen molar-refractivity contribution in [3.8, 4) is 5.75 Å². The van der Waals surface area contributed by atoms with Crippen LogP contribution in [-0.2, 0) is 4.79 Å². The van der Waals surface area contributed by atoms with Gasteiger partial charge in [0.25, 0.3) is 5.91 Å². The number of nitrogens with one attached hydrogen (secondary N) is 1. The first kappa shape index (κ1) is 14.6. The standard InChI is InChI=1S/C20H23NO2/c1-13(20(22)21-19-11-14-6-7-17(19)10-14)23-18-9-8-15-4-2-3-5-16(15)12-18/h2-5,8-9,12-14,17,19H,6-7,10-11H2,1H3,(H,21,22)/t13-,14-,17-,19-/m0/s1. The van der Waals surface area contributed by atoms with Crippen molar-refractivity contribution in [3.05, 3.63) is 42.5 Å². The van der Waals surface area contributed by atoms with Gasteiger partial charge >= 0.3 is 0 Å². The van der Waals surface area contributed by atoms with E-state index in [0.29, 0.717) is 12.0 Å². The fourth-order valence-corrected chi connectivity index (χ4v) is 4.22. The van der Waals surface area contributed by atoms with Crippen LogP contribution in [0.5, 0.6) is 5.75 Å². The number of ether oxygens (including phenoxy) is 1. The molecule has 120 valence electrons. The molecule has 1 N–H and O–H groups in total. The molecule has 0 heterocycles. The summed E-state index contributed by atoms with van der Waals surface area (Å²) in [4.78, 5) is 12.4. The Morgan fingerprint density at radius 1 is 1.13 bits per heavy atom. The van der Waals surface area contributed by atoms with Crippen molar-refractivity contribution in [3.63, 3.8) is 0 Å². The summed E-state index contributed by atoms with van der Waals surface area (Å²) in [6, 6.07) is 14.5. The van der Waals surface area contributed by atoms with Crippen LogP contribution in [0.3, 0.4) is 0 Å². The van der Waals surface area contributed by atoms with Crippen LogP contribution in [0.4, 0.5) is 0 Å². The maximum absolute atomic E-state index is 12.4. The van der Waals surface area contributed by atoms with E-state index in [-0.39, 0.29) is 5.91 Å². The minimum atomic E-state index is -0.463. The number of carbonyl (C=O) groups excluding carboxylic acids is 1. The average molecular weight is 309 g/mol. The molecule has 2 aromatic carbocycles. The Balaban J connectivity index is 1.39. The lowest BCUT2D eigenvalue weighted by Crippen LogP contribution is -2.44. The zero-order valence-corrected chi connectivity index (χ0v) is 13.5. The van der Waals surface area contributed by atoms with E-state index in [9.17, 15) is 4.79 Å². The van der Waals surface area contributed by atoms with Crippen LogP contribution >= 0.6 is 0 Å². The second kappa shape index (κ2) is 5.88. The number of benzene rings is 2. The molecular formula is C20H23NO2. The van der Waals surface area contributed by atoms with E-state index in [1.54, 1.807) is 0 Å². The number of carbonyl (C=O) groups is 1. The van der Waals surface area contributed by atoms with Crippen LogP contribution in [0.2, 0.25) is 0 Å². The minimum absolute atomic E-state index is 0.00992. The van der Waals surface area contributed by atoms with Crippen molar-refractivity contribution in [1.29, 1.82) is 0 Å². The van der Waals surface area contributed by atoms with Crippen molar-refractivity contribution >= 4 is 16.7 Å². The normalized spacial score (nSPS) is 27.1. The summed E-state index contributed by atoms with van der Waals surface area (Å²) in [6.07, 6.45) is 4.61. The Labute approximate surface area is 137 Å². The Morgan fingerprint density at radius 3 is 2.70 bits per heavy atom. The largest absolute Gasteiger partial charge is 0.481 e. The van der Waals surface area contributed by atoms with Gasteiger partial charge in [0.1, 0.15) is 5.75 Å². The highest BCUT2D eigenvalue weighted by molar-refractivity contribution is 5.84. The lowest BCUT2D eigenvalue weighted by Gasteiger charge is -2.24. The molecule has 1 amide bonds. The lowest BCUT2D eigenvalue weighted by atomic mass is 9.95. The topological polar surface area (TPSA) is 38.3 Å². The van der Waals surface area contributed by atoms with E-state index in [4.69, 9.17) is 4.74 Å². The summed E-state index contributed by atoms with van der Waals surface area (Å²) in [5.74, 6) is 2.29. The predicted octanol–water partition coefficient (Wildman–Crippen LogP) is 3.91. The first-order valence-corrected chi connectivity index (χ1v) is 8.65. The van der Waals surface area contributed by atoms with E-state index in [1.165, 1.54) is 24.6 Å². The summed E-state index contributed by atoms with van der Waals surface area (Å²) in [6.45, 7) is 1.83. The SMILES string of the molecule is C[C@H](Oc1ccc2ccccc2c1)C(=O)N[C@H]1C[C@H]2CC[C@H]1C2. The molecule has 4 atom stereocenters. The number of hydrogen-bond acceptors (Lipinski definition) is 2. The maximum Gasteiger partial charge on any atom is 0.261 e. The van der Waals surface area contributed by atoms with Gasteiger partial charge in [0.2, 0.25) is 0 Å². The fourth-order valence-electron chi connectivity index (χ4n) is 4.22. The van der Waals surface area contributed by atoms with Crippen LogP contribution in [0.25, 0.3) is 10.8 Å². The third-order valence-electron chi connectivity index (χ3n) is 5.47. The number of amides is 1. The first-order chi connectivity index (χ1) is 11.2. The summed E-state index contributed by atoms with van der Waals surface area (Å²) in [7, 11) is 0. The van der Waals surface area contributed by atoms with Crippen LogP contribution in [0, 0.1) is 11.8 Å². The third kappa shape index (κ3) is 2.92. The maximum atomic E-state index is 12.4. The molecule has 2 aliphatic carbocycles. The molecule has 2 bridgehead atoms. The minimum Gasteiger partial charge on any atom is -0.481 e. The van der Waals surface area contributed by atoms with E-state index in [1.807, 2.05) is 37.3 Å². The van der Waals surface area contributed by atoms with Gasteiger partial charge in [-0.1, -0.05) is 36.8 Å². The highest BCUT2D eigenvalue weighted by Crippen LogP contribution is 2.44. The van der Waals surface area contributed by atoms with Gasteiger partial charge in [-0.25, -0.2) is 0 Å². The molecule has 0 spiro atoms. The predicted molar refractivity (Wildman–Crippen MR) is 91.4 cm³/mol. The molecule has 2 aliphatic rings.